The van der Waals surface area contributed by atoms with Gasteiger partial charge in [0.1, 0.15) is 12.4 Å². The molecule has 6 aliphatic rings. The SMILES string of the molecule is CC1=C2C[C@H]3C(CC[C@@H]4CC(=O)CC[C@@]43C)[C@@H]2CC[C@@]2(C1)O[C@@H]1C[C@H](C)CN(C(=O)OCc3ccccc3)[C@H]1C2C. The first kappa shape index (κ1) is 27.7. The fourth-order valence-electron chi connectivity index (χ4n) is 10.9. The van der Waals surface area contributed by atoms with Crippen molar-refractivity contribution in [3.05, 3.63) is 47.0 Å². The van der Waals surface area contributed by atoms with Crippen molar-refractivity contribution in [1.82, 2.24) is 4.90 Å². The quantitative estimate of drug-likeness (QED) is 0.348. The molecule has 5 fully saturated rings. The highest BCUT2D eigenvalue weighted by Crippen LogP contribution is 2.65. The van der Waals surface area contributed by atoms with Crippen LogP contribution in [0.5, 0.6) is 0 Å². The first-order valence-corrected chi connectivity index (χ1v) is 16.5. The summed E-state index contributed by atoms with van der Waals surface area (Å²) in [6, 6.07) is 10.1. The Labute approximate surface area is 246 Å². The van der Waals surface area contributed by atoms with Crippen LogP contribution in [0.3, 0.4) is 0 Å². The molecule has 222 valence electrons. The Morgan fingerprint density at radius 2 is 1.90 bits per heavy atom. The van der Waals surface area contributed by atoms with Crippen molar-refractivity contribution < 1.29 is 19.1 Å². The van der Waals surface area contributed by atoms with Gasteiger partial charge in [-0.05, 0) is 98.9 Å². The molecule has 41 heavy (non-hydrogen) atoms. The summed E-state index contributed by atoms with van der Waals surface area (Å²) in [5, 5.41) is 0. The second kappa shape index (κ2) is 10.2. The Morgan fingerprint density at radius 1 is 1.10 bits per heavy atom. The predicted octanol–water partition coefficient (Wildman–Crippen LogP) is 7.73. The van der Waals surface area contributed by atoms with Crippen LogP contribution in [0, 0.1) is 40.9 Å². The van der Waals surface area contributed by atoms with Crippen molar-refractivity contribution in [2.24, 2.45) is 40.9 Å². The number of likely N-dealkylation sites (tertiary alicyclic amines) is 1. The average molecular weight is 560 g/mol. The summed E-state index contributed by atoms with van der Waals surface area (Å²) in [7, 11) is 0. The van der Waals surface area contributed by atoms with E-state index in [2.05, 4.69) is 27.7 Å². The lowest BCUT2D eigenvalue weighted by atomic mass is 9.52. The first-order valence-electron chi connectivity index (χ1n) is 16.5. The summed E-state index contributed by atoms with van der Waals surface area (Å²) in [6.07, 6.45) is 10.6. The molecule has 1 spiro atoms. The number of rotatable bonds is 2. The average Bonchev–Trinajstić information content (AvgIpc) is 3.42. The highest BCUT2D eigenvalue weighted by molar-refractivity contribution is 5.79. The van der Waals surface area contributed by atoms with Crippen LogP contribution in [0.1, 0.15) is 97.5 Å². The highest BCUT2D eigenvalue weighted by atomic mass is 16.6. The maximum atomic E-state index is 13.5. The number of hydrogen-bond donors (Lipinski definition) is 0. The fourth-order valence-corrected chi connectivity index (χ4v) is 10.9. The van der Waals surface area contributed by atoms with Crippen LogP contribution >= 0.6 is 0 Å². The predicted molar refractivity (Wildman–Crippen MR) is 159 cm³/mol. The number of amides is 1. The van der Waals surface area contributed by atoms with E-state index in [0.29, 0.717) is 35.6 Å². The van der Waals surface area contributed by atoms with Gasteiger partial charge in [0.2, 0.25) is 0 Å². The summed E-state index contributed by atoms with van der Waals surface area (Å²) in [5.74, 6) is 3.91. The second-order valence-electron chi connectivity index (χ2n) is 15.2. The Balaban J connectivity index is 1.11. The van der Waals surface area contributed by atoms with Gasteiger partial charge in [0, 0.05) is 25.3 Å². The normalized spacial score (nSPS) is 43.7. The van der Waals surface area contributed by atoms with Gasteiger partial charge < -0.3 is 14.4 Å². The minimum Gasteiger partial charge on any atom is -0.445 e. The van der Waals surface area contributed by atoms with Gasteiger partial charge in [-0.1, -0.05) is 62.2 Å². The lowest BCUT2D eigenvalue weighted by Gasteiger charge is -2.52. The number of piperidine rings is 1. The molecule has 1 aromatic carbocycles. The molecule has 2 heterocycles. The molecule has 7 rings (SSSR count). The zero-order chi connectivity index (χ0) is 28.5. The molecular formula is C36H49NO4. The van der Waals surface area contributed by atoms with E-state index in [1.165, 1.54) is 25.7 Å². The molecule has 2 aliphatic heterocycles. The topological polar surface area (TPSA) is 55.8 Å². The van der Waals surface area contributed by atoms with Gasteiger partial charge in [0.05, 0.1) is 17.7 Å². The van der Waals surface area contributed by atoms with E-state index in [9.17, 15) is 9.59 Å². The van der Waals surface area contributed by atoms with E-state index in [1.54, 1.807) is 11.1 Å². The monoisotopic (exact) mass is 559 g/mol. The number of ketones is 1. The van der Waals surface area contributed by atoms with Gasteiger partial charge in [-0.3, -0.25) is 4.79 Å². The summed E-state index contributed by atoms with van der Waals surface area (Å²) in [5.41, 5.74) is 4.44. The molecule has 2 unspecified atom stereocenters. The zero-order valence-corrected chi connectivity index (χ0v) is 25.6. The van der Waals surface area contributed by atoms with Crippen LogP contribution in [-0.4, -0.2) is 41.1 Å². The van der Waals surface area contributed by atoms with Crippen LogP contribution in [0.2, 0.25) is 0 Å². The maximum Gasteiger partial charge on any atom is 0.410 e. The smallest absolute Gasteiger partial charge is 0.410 e. The Morgan fingerprint density at radius 3 is 2.71 bits per heavy atom. The molecule has 0 bridgehead atoms. The summed E-state index contributed by atoms with van der Waals surface area (Å²) in [4.78, 5) is 27.8. The van der Waals surface area contributed by atoms with Gasteiger partial charge >= 0.3 is 6.09 Å². The number of hydrogen-bond acceptors (Lipinski definition) is 4. The molecule has 2 saturated heterocycles. The minimum atomic E-state index is -0.202. The van der Waals surface area contributed by atoms with Crippen molar-refractivity contribution in [1.29, 1.82) is 0 Å². The van der Waals surface area contributed by atoms with Crippen LogP contribution in [0.4, 0.5) is 4.79 Å². The lowest BCUT2D eigenvalue weighted by molar-refractivity contribution is -0.129. The first-order chi connectivity index (χ1) is 19.7. The molecule has 3 saturated carbocycles. The number of nitrogens with zero attached hydrogens (tertiary/aromatic N) is 1. The lowest BCUT2D eigenvalue weighted by Crippen LogP contribution is -2.54. The van der Waals surface area contributed by atoms with E-state index in [4.69, 9.17) is 9.47 Å². The third-order valence-electron chi connectivity index (χ3n) is 13.0. The molecule has 0 aromatic heterocycles. The second-order valence-corrected chi connectivity index (χ2v) is 15.2. The van der Waals surface area contributed by atoms with Gasteiger partial charge in [-0.2, -0.15) is 0 Å². The third kappa shape index (κ3) is 4.51. The molecule has 0 radical (unpaired) electrons. The number of allylic oxidation sites excluding steroid dienone is 1. The maximum absolute atomic E-state index is 13.5. The Kier molecular flexibility index (Phi) is 6.92. The fraction of sp³-hybridized carbons (Fsp3) is 0.722. The molecule has 5 heteroatoms. The number of ether oxygens (including phenoxy) is 2. The van der Waals surface area contributed by atoms with Gasteiger partial charge in [-0.25, -0.2) is 4.79 Å². The number of carbonyl (C=O) groups is 2. The zero-order valence-electron chi connectivity index (χ0n) is 25.6. The molecule has 1 amide bonds. The number of Topliss-reactive ketones (excluding diaryl/α,β-unsaturated/α-hetero) is 1. The molecule has 5 nitrogen and oxygen atoms in total. The summed E-state index contributed by atoms with van der Waals surface area (Å²) < 4.78 is 13.0. The van der Waals surface area contributed by atoms with E-state index in [1.807, 2.05) is 35.2 Å². The van der Waals surface area contributed by atoms with Crippen molar-refractivity contribution in [2.45, 2.75) is 116 Å². The highest BCUT2D eigenvalue weighted by Gasteiger charge is 2.60. The van der Waals surface area contributed by atoms with Crippen LogP contribution in [0.25, 0.3) is 0 Å². The standard InChI is InChI=1S/C36H49NO4/c1-22-16-32-33(37(20-22)34(39)40-21-25-8-6-5-7-9-25)24(3)36(41-32)15-13-28-29-11-10-26-17-27(38)12-14-35(26,4)31(29)18-30(28)23(2)19-36/h5-9,22,24,26,28-29,31-33H,10-21H2,1-4H3/t22-,24?,26+,28-,29?,31-,32+,33-,35-,36-/m0/s1. The van der Waals surface area contributed by atoms with Crippen LogP contribution in [-0.2, 0) is 20.9 Å². The van der Waals surface area contributed by atoms with E-state index >= 15 is 0 Å². The van der Waals surface area contributed by atoms with E-state index in [0.717, 1.165) is 62.5 Å². The largest absolute Gasteiger partial charge is 0.445 e. The van der Waals surface area contributed by atoms with E-state index in [-0.39, 0.29) is 29.8 Å². The molecule has 1 aromatic rings. The van der Waals surface area contributed by atoms with Crippen molar-refractivity contribution in [2.75, 3.05) is 6.54 Å². The van der Waals surface area contributed by atoms with Crippen LogP contribution in [0.15, 0.2) is 41.5 Å². The number of carbonyl (C=O) groups excluding carboxylic acids is 2. The molecule has 4 aliphatic carbocycles. The van der Waals surface area contributed by atoms with Crippen molar-refractivity contribution in [3.8, 4) is 0 Å². The Bertz CT molecular complexity index is 1230. The Hall–Kier alpha value is -2.14. The number of fused-ring (bicyclic) bond motifs is 6. The van der Waals surface area contributed by atoms with Gasteiger partial charge in [-0.15, -0.1) is 0 Å². The molecular weight excluding hydrogens is 510 g/mol. The minimum absolute atomic E-state index is 0.0760. The van der Waals surface area contributed by atoms with Gasteiger partial charge in [0.25, 0.3) is 0 Å². The van der Waals surface area contributed by atoms with Crippen molar-refractivity contribution >= 4 is 11.9 Å². The number of benzene rings is 1. The summed E-state index contributed by atoms with van der Waals surface area (Å²) >= 11 is 0. The van der Waals surface area contributed by atoms with Crippen LogP contribution < -0.4 is 0 Å². The third-order valence-corrected chi connectivity index (χ3v) is 13.0. The van der Waals surface area contributed by atoms with E-state index < -0.39 is 0 Å². The molecule has 0 N–H and O–H groups in total. The van der Waals surface area contributed by atoms with Crippen molar-refractivity contribution in [3.63, 3.8) is 0 Å². The van der Waals surface area contributed by atoms with Gasteiger partial charge in [0.15, 0.2) is 0 Å². The summed E-state index contributed by atoms with van der Waals surface area (Å²) in [6.45, 7) is 10.6. The molecule has 10 atom stereocenters.